The second kappa shape index (κ2) is 7.24. The molecule has 1 N–H and O–H groups in total. The molecule has 1 saturated heterocycles. The number of halogens is 1. The number of piperidine rings is 1. The van der Waals surface area contributed by atoms with Crippen molar-refractivity contribution >= 4 is 5.97 Å². The number of likely N-dealkylation sites (tertiary alicyclic amines) is 1. The van der Waals surface area contributed by atoms with Gasteiger partial charge in [-0.05, 0) is 50.1 Å². The maximum Gasteiger partial charge on any atom is 0.303 e. The van der Waals surface area contributed by atoms with E-state index in [0.717, 1.165) is 32.5 Å². The average Bonchev–Trinajstić information content (AvgIpc) is 2.43. The number of aliphatic carboxylic acids is 1. The van der Waals surface area contributed by atoms with Crippen LogP contribution in [0.15, 0.2) is 24.3 Å². The zero-order valence-electron chi connectivity index (χ0n) is 11.4. The molecule has 1 aliphatic heterocycles. The smallest absolute Gasteiger partial charge is 0.303 e. The SMILES string of the molecule is O=C(O)CCCN1CCC(Oc2ccc(F)cc2)CC1. The molecule has 0 unspecified atom stereocenters. The molecular weight excluding hydrogens is 261 g/mol. The lowest BCUT2D eigenvalue weighted by Gasteiger charge is -2.32. The predicted molar refractivity (Wildman–Crippen MR) is 73.4 cm³/mol. The molecule has 0 radical (unpaired) electrons. The number of benzene rings is 1. The summed E-state index contributed by atoms with van der Waals surface area (Å²) in [6.07, 6.45) is 2.93. The van der Waals surface area contributed by atoms with Gasteiger partial charge in [-0.15, -0.1) is 0 Å². The van der Waals surface area contributed by atoms with Gasteiger partial charge in [0.15, 0.2) is 0 Å². The standard InChI is InChI=1S/C15H20FNO3/c16-12-3-5-13(6-4-12)20-14-7-10-17(11-8-14)9-1-2-15(18)19/h3-6,14H,1-2,7-11H2,(H,18,19). The molecule has 20 heavy (non-hydrogen) atoms. The average molecular weight is 281 g/mol. The molecule has 2 rings (SSSR count). The Hall–Kier alpha value is -1.62. The van der Waals surface area contributed by atoms with E-state index >= 15 is 0 Å². The molecule has 0 aromatic heterocycles. The monoisotopic (exact) mass is 281 g/mol. The molecule has 0 amide bonds. The van der Waals surface area contributed by atoms with Crippen LogP contribution in [0.25, 0.3) is 0 Å². The number of hydrogen-bond acceptors (Lipinski definition) is 3. The van der Waals surface area contributed by atoms with Crippen molar-refractivity contribution in [3.63, 3.8) is 0 Å². The highest BCUT2D eigenvalue weighted by atomic mass is 19.1. The number of ether oxygens (including phenoxy) is 1. The van der Waals surface area contributed by atoms with Crippen molar-refractivity contribution in [2.75, 3.05) is 19.6 Å². The second-order valence-corrected chi connectivity index (χ2v) is 5.11. The molecule has 1 aliphatic rings. The minimum absolute atomic E-state index is 0.163. The molecule has 1 heterocycles. The van der Waals surface area contributed by atoms with Crippen LogP contribution in [0.5, 0.6) is 5.75 Å². The lowest BCUT2D eigenvalue weighted by atomic mass is 10.1. The number of carboxylic acids is 1. The molecular formula is C15H20FNO3. The number of nitrogens with zero attached hydrogens (tertiary/aromatic N) is 1. The first kappa shape index (κ1) is 14.8. The minimum Gasteiger partial charge on any atom is -0.490 e. The van der Waals surface area contributed by atoms with Gasteiger partial charge in [0.2, 0.25) is 0 Å². The summed E-state index contributed by atoms with van der Waals surface area (Å²) in [4.78, 5) is 12.7. The van der Waals surface area contributed by atoms with Crippen LogP contribution >= 0.6 is 0 Å². The lowest BCUT2D eigenvalue weighted by Crippen LogP contribution is -2.38. The first-order chi connectivity index (χ1) is 9.63. The highest BCUT2D eigenvalue weighted by Crippen LogP contribution is 2.19. The van der Waals surface area contributed by atoms with Gasteiger partial charge < -0.3 is 14.7 Å². The summed E-state index contributed by atoms with van der Waals surface area (Å²) in [7, 11) is 0. The summed E-state index contributed by atoms with van der Waals surface area (Å²) in [5.74, 6) is -0.291. The van der Waals surface area contributed by atoms with Gasteiger partial charge in [-0.2, -0.15) is 0 Å². The summed E-state index contributed by atoms with van der Waals surface area (Å²) in [5, 5.41) is 8.60. The van der Waals surface area contributed by atoms with E-state index in [2.05, 4.69) is 4.90 Å². The maximum atomic E-state index is 12.8. The van der Waals surface area contributed by atoms with E-state index in [0.29, 0.717) is 12.2 Å². The van der Waals surface area contributed by atoms with Crippen molar-refractivity contribution in [2.45, 2.75) is 31.8 Å². The first-order valence-corrected chi connectivity index (χ1v) is 7.00. The van der Waals surface area contributed by atoms with Gasteiger partial charge in [-0.3, -0.25) is 4.79 Å². The Kier molecular flexibility index (Phi) is 5.35. The highest BCUT2D eigenvalue weighted by molar-refractivity contribution is 5.66. The normalized spacial score (nSPS) is 17.1. The van der Waals surface area contributed by atoms with Crippen molar-refractivity contribution in [1.29, 1.82) is 0 Å². The maximum absolute atomic E-state index is 12.8. The highest BCUT2D eigenvalue weighted by Gasteiger charge is 2.20. The van der Waals surface area contributed by atoms with Crippen LogP contribution in [0.2, 0.25) is 0 Å². The fraction of sp³-hybridized carbons (Fsp3) is 0.533. The molecule has 1 aromatic carbocycles. The molecule has 110 valence electrons. The van der Waals surface area contributed by atoms with Crippen molar-refractivity contribution < 1.29 is 19.0 Å². The zero-order chi connectivity index (χ0) is 14.4. The Balaban J connectivity index is 1.68. The Morgan fingerprint density at radius 3 is 2.55 bits per heavy atom. The molecule has 0 spiro atoms. The van der Waals surface area contributed by atoms with Crippen LogP contribution in [0, 0.1) is 5.82 Å². The topological polar surface area (TPSA) is 49.8 Å². The third-order valence-corrected chi connectivity index (χ3v) is 3.52. The van der Waals surface area contributed by atoms with E-state index in [1.807, 2.05) is 0 Å². The third-order valence-electron chi connectivity index (χ3n) is 3.52. The van der Waals surface area contributed by atoms with E-state index in [9.17, 15) is 9.18 Å². The summed E-state index contributed by atoms with van der Waals surface area (Å²) < 4.78 is 18.6. The van der Waals surface area contributed by atoms with Gasteiger partial charge in [0, 0.05) is 19.5 Å². The molecule has 5 heteroatoms. The largest absolute Gasteiger partial charge is 0.490 e. The van der Waals surface area contributed by atoms with Gasteiger partial charge in [0.25, 0.3) is 0 Å². The summed E-state index contributed by atoms with van der Waals surface area (Å²) >= 11 is 0. The van der Waals surface area contributed by atoms with Crippen LogP contribution in [0.1, 0.15) is 25.7 Å². The fourth-order valence-corrected chi connectivity index (χ4v) is 2.41. The van der Waals surface area contributed by atoms with Crippen molar-refractivity contribution in [1.82, 2.24) is 4.90 Å². The summed E-state index contributed by atoms with van der Waals surface area (Å²) in [6, 6.07) is 6.09. The van der Waals surface area contributed by atoms with E-state index in [1.54, 1.807) is 12.1 Å². The van der Waals surface area contributed by atoms with E-state index < -0.39 is 5.97 Å². The predicted octanol–water partition coefficient (Wildman–Crippen LogP) is 2.53. The summed E-state index contributed by atoms with van der Waals surface area (Å²) in [6.45, 7) is 2.67. The third kappa shape index (κ3) is 4.81. The molecule has 4 nitrogen and oxygen atoms in total. The molecule has 0 aliphatic carbocycles. The van der Waals surface area contributed by atoms with Crippen LogP contribution in [0.3, 0.4) is 0 Å². The fourth-order valence-electron chi connectivity index (χ4n) is 2.41. The molecule has 1 fully saturated rings. The Morgan fingerprint density at radius 1 is 1.30 bits per heavy atom. The Morgan fingerprint density at radius 2 is 1.95 bits per heavy atom. The minimum atomic E-state index is -0.737. The van der Waals surface area contributed by atoms with E-state index in [4.69, 9.17) is 9.84 Å². The van der Waals surface area contributed by atoms with Gasteiger partial charge in [-0.25, -0.2) is 4.39 Å². The number of carbonyl (C=O) groups is 1. The van der Waals surface area contributed by atoms with Crippen LogP contribution in [-0.2, 0) is 4.79 Å². The molecule has 1 aromatic rings. The van der Waals surface area contributed by atoms with Gasteiger partial charge >= 0.3 is 5.97 Å². The molecule has 0 saturated carbocycles. The quantitative estimate of drug-likeness (QED) is 0.870. The summed E-state index contributed by atoms with van der Waals surface area (Å²) in [5.41, 5.74) is 0. The number of hydrogen-bond donors (Lipinski definition) is 1. The Labute approximate surface area is 118 Å². The van der Waals surface area contributed by atoms with Gasteiger partial charge in [0.05, 0.1) is 0 Å². The van der Waals surface area contributed by atoms with Gasteiger partial charge in [0.1, 0.15) is 17.7 Å². The first-order valence-electron chi connectivity index (χ1n) is 7.00. The Bertz CT molecular complexity index is 427. The second-order valence-electron chi connectivity index (χ2n) is 5.11. The van der Waals surface area contributed by atoms with E-state index in [1.165, 1.54) is 12.1 Å². The van der Waals surface area contributed by atoms with Crippen LogP contribution in [0.4, 0.5) is 4.39 Å². The zero-order valence-corrected chi connectivity index (χ0v) is 11.4. The van der Waals surface area contributed by atoms with Crippen molar-refractivity contribution in [3.05, 3.63) is 30.1 Å². The number of carboxylic acid groups (broad SMARTS) is 1. The lowest BCUT2D eigenvalue weighted by molar-refractivity contribution is -0.137. The molecule has 0 bridgehead atoms. The van der Waals surface area contributed by atoms with Crippen LogP contribution in [-0.4, -0.2) is 41.7 Å². The molecule has 0 atom stereocenters. The van der Waals surface area contributed by atoms with Crippen molar-refractivity contribution in [3.8, 4) is 5.75 Å². The van der Waals surface area contributed by atoms with Crippen LogP contribution < -0.4 is 4.74 Å². The number of rotatable bonds is 6. The van der Waals surface area contributed by atoms with Gasteiger partial charge in [-0.1, -0.05) is 0 Å². The van der Waals surface area contributed by atoms with E-state index in [-0.39, 0.29) is 18.3 Å². The van der Waals surface area contributed by atoms with Crippen molar-refractivity contribution in [2.24, 2.45) is 0 Å².